The van der Waals surface area contributed by atoms with E-state index in [2.05, 4.69) is 5.32 Å². The Hall–Kier alpha value is -0.890. The average molecular weight is 351 g/mol. The molecule has 3 rings (SSSR count). The van der Waals surface area contributed by atoms with E-state index in [-0.39, 0.29) is 24.4 Å². The van der Waals surface area contributed by atoms with Gasteiger partial charge >= 0.3 is 12.3 Å². The second-order valence-electron chi connectivity index (χ2n) is 7.36. The highest BCUT2D eigenvalue weighted by Gasteiger charge is 2.52. The van der Waals surface area contributed by atoms with Gasteiger partial charge < -0.3 is 10.2 Å². The normalized spacial score (nSPS) is 32.2. The van der Waals surface area contributed by atoms with Crippen LogP contribution in [-0.2, 0) is 4.79 Å². The third-order valence-electron chi connectivity index (χ3n) is 5.88. The lowest BCUT2D eigenvalue weighted by Crippen LogP contribution is -2.57. The summed E-state index contributed by atoms with van der Waals surface area (Å²) in [5.74, 6) is -3.51. The van der Waals surface area contributed by atoms with Crippen molar-refractivity contribution >= 4 is 5.91 Å². The van der Waals surface area contributed by atoms with Gasteiger partial charge in [-0.05, 0) is 25.3 Å². The number of fused-ring (bicyclic) bond motifs is 1. The molecule has 4 nitrogen and oxygen atoms in total. The lowest BCUT2D eigenvalue weighted by atomic mass is 9.67. The second kappa shape index (κ2) is 6.78. The molecule has 0 bridgehead atoms. The summed E-state index contributed by atoms with van der Waals surface area (Å²) in [6, 6.07) is 0. The Morgan fingerprint density at radius 2 is 1.92 bits per heavy atom. The Morgan fingerprint density at radius 3 is 2.58 bits per heavy atom. The van der Waals surface area contributed by atoms with Crippen LogP contribution in [0, 0.1) is 11.3 Å². The number of carbonyl (C=O) groups excluding carboxylic acids is 1. The fourth-order valence-corrected chi connectivity index (χ4v) is 4.46. The van der Waals surface area contributed by atoms with Gasteiger partial charge in [-0.3, -0.25) is 9.69 Å². The van der Waals surface area contributed by atoms with Crippen molar-refractivity contribution in [2.75, 3.05) is 45.8 Å². The number of hydrogen-bond donors (Lipinski definition) is 1. The third kappa shape index (κ3) is 3.27. The van der Waals surface area contributed by atoms with Crippen molar-refractivity contribution in [3.05, 3.63) is 0 Å². The fraction of sp³-hybridized carbons (Fsp3) is 0.938. The molecular weight excluding hydrogens is 326 g/mol. The lowest BCUT2D eigenvalue weighted by molar-refractivity contribution is -0.154. The molecule has 1 N–H and O–H groups in total. The monoisotopic (exact) mass is 351 g/mol. The van der Waals surface area contributed by atoms with Gasteiger partial charge in [0.15, 0.2) is 0 Å². The van der Waals surface area contributed by atoms with E-state index in [4.69, 9.17) is 0 Å². The molecule has 0 aromatic heterocycles. The molecule has 1 amide bonds. The van der Waals surface area contributed by atoms with Crippen molar-refractivity contribution < 1.29 is 22.4 Å². The number of amides is 1. The number of piperazine rings is 1. The molecule has 2 aliphatic heterocycles. The van der Waals surface area contributed by atoms with Crippen molar-refractivity contribution in [1.29, 1.82) is 0 Å². The van der Waals surface area contributed by atoms with E-state index in [9.17, 15) is 22.4 Å². The Morgan fingerprint density at radius 1 is 1.21 bits per heavy atom. The van der Waals surface area contributed by atoms with Gasteiger partial charge in [0, 0.05) is 32.7 Å². The van der Waals surface area contributed by atoms with Gasteiger partial charge in [0.05, 0.1) is 12.0 Å². The van der Waals surface area contributed by atoms with Crippen LogP contribution in [0.5, 0.6) is 0 Å². The number of rotatable bonds is 4. The molecule has 1 saturated carbocycles. The van der Waals surface area contributed by atoms with Crippen LogP contribution in [0.2, 0.25) is 0 Å². The summed E-state index contributed by atoms with van der Waals surface area (Å²) >= 11 is 0. The van der Waals surface area contributed by atoms with Crippen molar-refractivity contribution in [1.82, 2.24) is 15.1 Å². The zero-order valence-corrected chi connectivity index (χ0v) is 13.7. The Bertz CT molecular complexity index is 468. The van der Waals surface area contributed by atoms with Crippen molar-refractivity contribution in [3.63, 3.8) is 0 Å². The zero-order chi connectivity index (χ0) is 17.4. The van der Waals surface area contributed by atoms with Gasteiger partial charge in [0.2, 0.25) is 5.91 Å². The second-order valence-corrected chi connectivity index (χ2v) is 7.36. The summed E-state index contributed by atoms with van der Waals surface area (Å²) < 4.78 is 51.0. The Balaban J connectivity index is 1.57. The van der Waals surface area contributed by atoms with Gasteiger partial charge in [-0.1, -0.05) is 12.8 Å². The highest BCUT2D eigenvalue weighted by Crippen LogP contribution is 2.45. The first kappa shape index (κ1) is 17.9. The van der Waals surface area contributed by atoms with Crippen LogP contribution < -0.4 is 5.32 Å². The Kier molecular flexibility index (Phi) is 5.06. The summed E-state index contributed by atoms with van der Waals surface area (Å²) in [7, 11) is 0. The SMILES string of the molecule is O=C(N1CCN(CC(F)(F)C(F)F)CC1)[C@@]12CCCC[C@H]1CNC2. The van der Waals surface area contributed by atoms with Gasteiger partial charge in [0.1, 0.15) is 0 Å². The van der Waals surface area contributed by atoms with Gasteiger partial charge in [0.25, 0.3) is 0 Å². The summed E-state index contributed by atoms with van der Waals surface area (Å²) in [5.41, 5.74) is -0.340. The first-order chi connectivity index (χ1) is 11.3. The van der Waals surface area contributed by atoms with Crippen molar-refractivity contribution in [3.8, 4) is 0 Å². The maximum Gasteiger partial charge on any atom is 0.319 e. The average Bonchev–Trinajstić information content (AvgIpc) is 2.99. The van der Waals surface area contributed by atoms with Crippen molar-refractivity contribution in [2.45, 2.75) is 38.0 Å². The van der Waals surface area contributed by atoms with Gasteiger partial charge in [-0.15, -0.1) is 0 Å². The summed E-state index contributed by atoms with van der Waals surface area (Å²) in [6.07, 6.45) is 0.484. The van der Waals surface area contributed by atoms with E-state index in [1.165, 1.54) is 4.90 Å². The lowest BCUT2D eigenvalue weighted by Gasteiger charge is -2.44. The number of hydrogen-bond acceptors (Lipinski definition) is 3. The summed E-state index contributed by atoms with van der Waals surface area (Å²) in [6.45, 7) is 1.75. The largest absolute Gasteiger partial charge is 0.340 e. The van der Waals surface area contributed by atoms with E-state index in [1.807, 2.05) is 0 Å². The first-order valence-electron chi connectivity index (χ1n) is 8.73. The number of alkyl halides is 4. The minimum Gasteiger partial charge on any atom is -0.340 e. The zero-order valence-electron chi connectivity index (χ0n) is 13.7. The fourth-order valence-electron chi connectivity index (χ4n) is 4.46. The van der Waals surface area contributed by atoms with Gasteiger partial charge in [-0.2, -0.15) is 8.78 Å². The third-order valence-corrected chi connectivity index (χ3v) is 5.88. The molecule has 24 heavy (non-hydrogen) atoms. The van der Waals surface area contributed by atoms with Crippen molar-refractivity contribution in [2.24, 2.45) is 11.3 Å². The Labute approximate surface area is 139 Å². The quantitative estimate of drug-likeness (QED) is 0.785. The number of carbonyl (C=O) groups is 1. The number of nitrogens with one attached hydrogen (secondary N) is 1. The molecule has 3 aliphatic rings. The van der Waals surface area contributed by atoms with Crippen LogP contribution in [-0.4, -0.2) is 73.9 Å². The topological polar surface area (TPSA) is 35.6 Å². The molecule has 138 valence electrons. The highest BCUT2D eigenvalue weighted by molar-refractivity contribution is 5.84. The maximum atomic E-state index is 13.2. The molecule has 0 aromatic rings. The molecule has 1 aliphatic carbocycles. The van der Waals surface area contributed by atoms with Crippen LogP contribution in [0.25, 0.3) is 0 Å². The minimum absolute atomic E-state index is 0.123. The van der Waals surface area contributed by atoms with E-state index >= 15 is 0 Å². The molecule has 0 aromatic carbocycles. The van der Waals surface area contributed by atoms with E-state index < -0.39 is 18.9 Å². The predicted molar refractivity (Wildman–Crippen MR) is 81.2 cm³/mol. The highest BCUT2D eigenvalue weighted by atomic mass is 19.3. The maximum absolute atomic E-state index is 13.2. The van der Waals surface area contributed by atoms with Gasteiger partial charge in [-0.25, -0.2) is 8.78 Å². The smallest absolute Gasteiger partial charge is 0.319 e. The standard InChI is InChI=1S/C16H25F4N3O/c17-13(18)16(19,20)11-22-5-7-23(8-6-22)14(24)15-4-2-1-3-12(15)9-21-10-15/h12-13,21H,1-11H2/t12-,15+/m0/s1. The van der Waals surface area contributed by atoms with E-state index in [0.717, 1.165) is 32.2 Å². The number of halogens is 4. The van der Waals surface area contributed by atoms with Crippen LogP contribution in [0.3, 0.4) is 0 Å². The molecular formula is C16H25F4N3O. The first-order valence-corrected chi connectivity index (χ1v) is 8.73. The van der Waals surface area contributed by atoms with Crippen LogP contribution >= 0.6 is 0 Å². The molecule has 0 spiro atoms. The van der Waals surface area contributed by atoms with Crippen LogP contribution in [0.15, 0.2) is 0 Å². The summed E-state index contributed by atoms with van der Waals surface area (Å²) in [5, 5.41) is 3.34. The molecule has 2 atom stereocenters. The van der Waals surface area contributed by atoms with E-state index in [0.29, 0.717) is 25.6 Å². The molecule has 2 saturated heterocycles. The summed E-state index contributed by atoms with van der Waals surface area (Å²) in [4.78, 5) is 16.1. The van der Waals surface area contributed by atoms with Crippen LogP contribution in [0.1, 0.15) is 25.7 Å². The minimum atomic E-state index is -3.99. The predicted octanol–water partition coefficient (Wildman–Crippen LogP) is 1.81. The number of nitrogens with zero attached hydrogens (tertiary/aromatic N) is 2. The molecule has 0 unspecified atom stereocenters. The van der Waals surface area contributed by atoms with Crippen LogP contribution in [0.4, 0.5) is 17.6 Å². The molecule has 8 heteroatoms. The molecule has 2 heterocycles. The van der Waals surface area contributed by atoms with E-state index in [1.54, 1.807) is 4.90 Å². The molecule has 3 fully saturated rings. The molecule has 0 radical (unpaired) electrons.